The Kier molecular flexibility index (Phi) is 1.52. The quantitative estimate of drug-likeness (QED) is 0.712. The van der Waals surface area contributed by atoms with Crippen LogP contribution in [0.15, 0.2) is 12.4 Å². The van der Waals surface area contributed by atoms with Gasteiger partial charge in [0.25, 0.3) is 5.92 Å². The number of rotatable bonds is 1. The number of aryl methyl sites for hydroxylation is 1. The molecule has 0 atom stereocenters. The first kappa shape index (κ1) is 8.62. The lowest BCUT2D eigenvalue weighted by molar-refractivity contribution is -0.128. The van der Waals surface area contributed by atoms with Crippen LogP contribution < -0.4 is 5.73 Å². The molecule has 2 N–H and O–H groups in total. The molecule has 0 amide bonds. The standard InChI is InChI=1S/C8H11F2N3/c1-13-3-2-12-6(13)7(11)4-8(9,10)5-7/h2-3H,4-5,11H2,1H3. The van der Waals surface area contributed by atoms with E-state index >= 15 is 0 Å². The number of hydrogen-bond donors (Lipinski definition) is 1. The Morgan fingerprint density at radius 3 is 2.54 bits per heavy atom. The summed E-state index contributed by atoms with van der Waals surface area (Å²) in [5.74, 6) is -2.07. The number of alkyl halides is 2. The van der Waals surface area contributed by atoms with Crippen molar-refractivity contribution in [3.05, 3.63) is 18.2 Å². The Balaban J connectivity index is 2.25. The highest BCUT2D eigenvalue weighted by Crippen LogP contribution is 2.49. The number of nitrogens with zero attached hydrogens (tertiary/aromatic N) is 2. The Hall–Kier alpha value is -0.970. The van der Waals surface area contributed by atoms with Gasteiger partial charge in [0.2, 0.25) is 0 Å². The third-order valence-corrected chi connectivity index (χ3v) is 2.41. The van der Waals surface area contributed by atoms with Crippen molar-refractivity contribution in [2.24, 2.45) is 12.8 Å². The van der Waals surface area contributed by atoms with Gasteiger partial charge in [0, 0.05) is 32.3 Å². The first-order valence-corrected chi connectivity index (χ1v) is 4.08. The maximum atomic E-state index is 12.6. The van der Waals surface area contributed by atoms with Crippen LogP contribution in [0.2, 0.25) is 0 Å². The minimum Gasteiger partial charge on any atom is -0.336 e. The van der Waals surface area contributed by atoms with Crippen LogP contribution in [-0.2, 0) is 12.6 Å². The van der Waals surface area contributed by atoms with Gasteiger partial charge in [-0.05, 0) is 0 Å². The lowest BCUT2D eigenvalue weighted by Gasteiger charge is -2.43. The molecule has 1 heterocycles. The van der Waals surface area contributed by atoms with Gasteiger partial charge in [0.1, 0.15) is 5.82 Å². The number of aromatic nitrogens is 2. The summed E-state index contributed by atoms with van der Waals surface area (Å²) in [7, 11) is 1.76. The zero-order valence-electron chi connectivity index (χ0n) is 7.30. The predicted molar refractivity (Wildman–Crippen MR) is 43.3 cm³/mol. The molecule has 1 fully saturated rings. The van der Waals surface area contributed by atoms with E-state index in [0.29, 0.717) is 5.82 Å². The van der Waals surface area contributed by atoms with Crippen molar-refractivity contribution in [3.63, 3.8) is 0 Å². The number of halogens is 2. The summed E-state index contributed by atoms with van der Waals surface area (Å²) >= 11 is 0. The molecule has 0 radical (unpaired) electrons. The normalized spacial score (nSPS) is 24.0. The molecular weight excluding hydrogens is 176 g/mol. The summed E-state index contributed by atoms with van der Waals surface area (Å²) < 4.78 is 27.0. The van der Waals surface area contributed by atoms with Crippen LogP contribution in [0.3, 0.4) is 0 Å². The Bertz CT molecular complexity index is 324. The third-order valence-electron chi connectivity index (χ3n) is 2.41. The average molecular weight is 187 g/mol. The van der Waals surface area contributed by atoms with E-state index in [4.69, 9.17) is 5.73 Å². The molecule has 0 unspecified atom stereocenters. The summed E-state index contributed by atoms with van der Waals surface area (Å²) in [5.41, 5.74) is 4.85. The molecular formula is C8H11F2N3. The molecule has 1 saturated carbocycles. The monoisotopic (exact) mass is 187 g/mol. The molecule has 72 valence electrons. The number of imidazole rings is 1. The van der Waals surface area contributed by atoms with Gasteiger partial charge in [-0.2, -0.15) is 0 Å². The van der Waals surface area contributed by atoms with Gasteiger partial charge in [-0.25, -0.2) is 13.8 Å². The van der Waals surface area contributed by atoms with Crippen LogP contribution in [0.4, 0.5) is 8.78 Å². The van der Waals surface area contributed by atoms with Crippen LogP contribution in [0.1, 0.15) is 18.7 Å². The molecule has 1 aromatic heterocycles. The summed E-state index contributed by atoms with van der Waals surface area (Å²) in [4.78, 5) is 3.98. The molecule has 0 aliphatic heterocycles. The van der Waals surface area contributed by atoms with Gasteiger partial charge in [0.05, 0.1) is 5.54 Å². The van der Waals surface area contributed by atoms with Gasteiger partial charge in [-0.3, -0.25) is 0 Å². The van der Waals surface area contributed by atoms with Crippen molar-refractivity contribution in [1.29, 1.82) is 0 Å². The summed E-state index contributed by atoms with van der Waals surface area (Å²) in [5, 5.41) is 0. The van der Waals surface area contributed by atoms with Crippen molar-refractivity contribution in [2.75, 3.05) is 0 Å². The van der Waals surface area contributed by atoms with Crippen molar-refractivity contribution in [1.82, 2.24) is 9.55 Å². The smallest absolute Gasteiger partial charge is 0.252 e. The fraction of sp³-hybridized carbons (Fsp3) is 0.625. The maximum Gasteiger partial charge on any atom is 0.252 e. The maximum absolute atomic E-state index is 12.6. The van der Waals surface area contributed by atoms with Crippen LogP contribution in [0.25, 0.3) is 0 Å². The zero-order chi connectivity index (χ0) is 9.69. The second-order valence-corrected chi connectivity index (χ2v) is 3.73. The Labute approximate surface area is 74.6 Å². The summed E-state index contributed by atoms with van der Waals surface area (Å²) in [6, 6.07) is 0. The van der Waals surface area contributed by atoms with Gasteiger partial charge in [-0.1, -0.05) is 0 Å². The second-order valence-electron chi connectivity index (χ2n) is 3.73. The molecule has 3 nitrogen and oxygen atoms in total. The predicted octanol–water partition coefficient (Wildman–Crippen LogP) is 1.00. The highest BCUT2D eigenvalue weighted by molar-refractivity contribution is 5.16. The lowest BCUT2D eigenvalue weighted by Crippen LogP contribution is -2.56. The van der Waals surface area contributed by atoms with Crippen LogP contribution in [-0.4, -0.2) is 15.5 Å². The molecule has 0 saturated heterocycles. The number of nitrogens with two attached hydrogens (primary N) is 1. The van der Waals surface area contributed by atoms with Crippen molar-refractivity contribution < 1.29 is 8.78 Å². The Morgan fingerprint density at radius 1 is 1.54 bits per heavy atom. The van der Waals surface area contributed by atoms with E-state index in [1.54, 1.807) is 24.0 Å². The second kappa shape index (κ2) is 2.29. The average Bonchev–Trinajstić information content (AvgIpc) is 2.30. The van der Waals surface area contributed by atoms with Gasteiger partial charge in [0.15, 0.2) is 0 Å². The minimum absolute atomic E-state index is 0.301. The Morgan fingerprint density at radius 2 is 2.15 bits per heavy atom. The van der Waals surface area contributed by atoms with Crippen LogP contribution in [0.5, 0.6) is 0 Å². The minimum atomic E-state index is -2.61. The van der Waals surface area contributed by atoms with Crippen LogP contribution in [0, 0.1) is 0 Å². The molecule has 13 heavy (non-hydrogen) atoms. The highest BCUT2D eigenvalue weighted by atomic mass is 19.3. The first-order chi connectivity index (χ1) is 5.93. The zero-order valence-corrected chi connectivity index (χ0v) is 7.30. The molecule has 0 aromatic carbocycles. The van der Waals surface area contributed by atoms with Gasteiger partial charge in [-0.15, -0.1) is 0 Å². The van der Waals surface area contributed by atoms with E-state index in [1.165, 1.54) is 0 Å². The molecule has 1 aliphatic carbocycles. The van der Waals surface area contributed by atoms with E-state index in [9.17, 15) is 8.78 Å². The summed E-state index contributed by atoms with van der Waals surface area (Å²) in [6.45, 7) is 0. The topological polar surface area (TPSA) is 43.8 Å². The van der Waals surface area contributed by atoms with Crippen molar-refractivity contribution in [3.8, 4) is 0 Å². The highest BCUT2D eigenvalue weighted by Gasteiger charge is 2.57. The summed E-state index contributed by atoms with van der Waals surface area (Å²) in [6.07, 6.45) is 2.68. The van der Waals surface area contributed by atoms with E-state index in [1.807, 2.05) is 0 Å². The van der Waals surface area contributed by atoms with E-state index in [2.05, 4.69) is 4.98 Å². The van der Waals surface area contributed by atoms with E-state index < -0.39 is 11.5 Å². The third kappa shape index (κ3) is 1.23. The van der Waals surface area contributed by atoms with E-state index in [0.717, 1.165) is 0 Å². The fourth-order valence-electron chi connectivity index (χ4n) is 1.87. The molecule has 0 bridgehead atoms. The van der Waals surface area contributed by atoms with Gasteiger partial charge >= 0.3 is 0 Å². The SMILES string of the molecule is Cn1ccnc1C1(N)CC(F)(F)C1. The molecule has 0 spiro atoms. The van der Waals surface area contributed by atoms with Crippen molar-refractivity contribution >= 4 is 0 Å². The number of hydrogen-bond acceptors (Lipinski definition) is 2. The first-order valence-electron chi connectivity index (χ1n) is 4.08. The fourth-order valence-corrected chi connectivity index (χ4v) is 1.87. The van der Waals surface area contributed by atoms with E-state index in [-0.39, 0.29) is 12.8 Å². The van der Waals surface area contributed by atoms with Crippen LogP contribution >= 0.6 is 0 Å². The van der Waals surface area contributed by atoms with Gasteiger partial charge < -0.3 is 10.3 Å². The molecule has 1 aliphatic rings. The largest absolute Gasteiger partial charge is 0.336 e. The molecule has 2 rings (SSSR count). The molecule has 5 heteroatoms. The molecule has 1 aromatic rings. The van der Waals surface area contributed by atoms with Crippen molar-refractivity contribution in [2.45, 2.75) is 24.3 Å². The lowest BCUT2D eigenvalue weighted by atomic mass is 9.73.